The molecule has 1 aliphatic heterocycles. The summed E-state index contributed by atoms with van der Waals surface area (Å²) in [5.74, 6) is 0. The molecule has 1 N–H and O–H groups in total. The van der Waals surface area contributed by atoms with Gasteiger partial charge in [-0.1, -0.05) is 22.0 Å². The summed E-state index contributed by atoms with van der Waals surface area (Å²) in [6, 6.07) is 7.79. The van der Waals surface area contributed by atoms with E-state index in [2.05, 4.69) is 70.1 Å². The molecule has 1 saturated heterocycles. The number of aryl methyl sites for hydroxylation is 1. The van der Waals surface area contributed by atoms with Gasteiger partial charge in [-0.3, -0.25) is 4.90 Å². The lowest BCUT2D eigenvalue weighted by Crippen LogP contribution is -2.58. The number of halogens is 1. The van der Waals surface area contributed by atoms with Crippen LogP contribution in [0.1, 0.15) is 12.5 Å². The molecule has 0 aromatic heterocycles. The second-order valence-corrected chi connectivity index (χ2v) is 6.44. The van der Waals surface area contributed by atoms with Crippen LogP contribution in [-0.2, 0) is 0 Å². The molecule has 2 rings (SSSR count). The summed E-state index contributed by atoms with van der Waals surface area (Å²) >= 11 is 3.64. The van der Waals surface area contributed by atoms with Gasteiger partial charge in [-0.2, -0.15) is 0 Å². The number of hydrogen-bond acceptors (Lipinski definition) is 3. The van der Waals surface area contributed by atoms with Crippen LogP contribution < -0.4 is 10.2 Å². The Balaban J connectivity index is 2.19. The van der Waals surface area contributed by atoms with E-state index in [4.69, 9.17) is 0 Å². The van der Waals surface area contributed by atoms with Crippen molar-refractivity contribution in [3.8, 4) is 0 Å². The van der Waals surface area contributed by atoms with Crippen molar-refractivity contribution in [2.24, 2.45) is 0 Å². The molecule has 0 saturated carbocycles. The van der Waals surface area contributed by atoms with Crippen LogP contribution in [0.4, 0.5) is 5.69 Å². The molecule has 0 amide bonds. The summed E-state index contributed by atoms with van der Waals surface area (Å²) < 4.78 is 1.20. The number of nitrogens with one attached hydrogen (secondary N) is 1. The summed E-state index contributed by atoms with van der Waals surface area (Å²) in [4.78, 5) is 4.98. The molecule has 106 valence electrons. The second kappa shape index (κ2) is 6.25. The molecule has 1 fully saturated rings. The van der Waals surface area contributed by atoms with Gasteiger partial charge in [-0.25, -0.2) is 0 Å². The fourth-order valence-electron chi connectivity index (χ4n) is 2.79. The highest BCUT2D eigenvalue weighted by Gasteiger charge is 2.29. The van der Waals surface area contributed by atoms with Crippen molar-refractivity contribution < 1.29 is 0 Å². The van der Waals surface area contributed by atoms with E-state index < -0.39 is 0 Å². The van der Waals surface area contributed by atoms with E-state index in [0.29, 0.717) is 12.1 Å². The maximum Gasteiger partial charge on any atom is 0.0393 e. The number of rotatable bonds is 3. The Morgan fingerprint density at radius 1 is 1.37 bits per heavy atom. The zero-order chi connectivity index (χ0) is 14.0. The first-order chi connectivity index (χ1) is 9.02. The van der Waals surface area contributed by atoms with E-state index in [1.54, 1.807) is 0 Å². The lowest BCUT2D eigenvalue weighted by molar-refractivity contribution is 0.190. The topological polar surface area (TPSA) is 18.5 Å². The van der Waals surface area contributed by atoms with Gasteiger partial charge in [0.15, 0.2) is 0 Å². The molecular formula is C15H24BrN3. The minimum Gasteiger partial charge on any atom is -0.366 e. The molecule has 1 aliphatic rings. The molecular weight excluding hydrogens is 302 g/mol. The fourth-order valence-corrected chi connectivity index (χ4v) is 3.15. The zero-order valence-electron chi connectivity index (χ0n) is 12.3. The number of nitrogens with zero attached hydrogens (tertiary/aromatic N) is 2. The van der Waals surface area contributed by atoms with E-state index in [1.165, 1.54) is 15.7 Å². The van der Waals surface area contributed by atoms with Crippen molar-refractivity contribution in [2.45, 2.75) is 25.9 Å². The molecule has 0 bridgehead atoms. The van der Waals surface area contributed by atoms with Crippen LogP contribution >= 0.6 is 15.9 Å². The van der Waals surface area contributed by atoms with E-state index in [-0.39, 0.29) is 0 Å². The highest BCUT2D eigenvalue weighted by molar-refractivity contribution is 9.10. The summed E-state index contributed by atoms with van der Waals surface area (Å²) in [6.45, 7) is 7.66. The normalized spacial score (nSPS) is 24.8. The van der Waals surface area contributed by atoms with Gasteiger partial charge in [-0.15, -0.1) is 0 Å². The van der Waals surface area contributed by atoms with Crippen molar-refractivity contribution in [3.05, 3.63) is 28.2 Å². The Bertz CT molecular complexity index is 435. The minimum atomic E-state index is 0.549. The molecule has 2 atom stereocenters. The SMILES string of the molecule is CNCC1CN(c2ccc(C)c(Br)c2)C(C)CN1C. The third-order valence-corrected chi connectivity index (χ3v) is 4.90. The van der Waals surface area contributed by atoms with Crippen LogP contribution in [0.25, 0.3) is 0 Å². The predicted molar refractivity (Wildman–Crippen MR) is 86.0 cm³/mol. The van der Waals surface area contributed by atoms with E-state index in [0.717, 1.165) is 19.6 Å². The molecule has 0 spiro atoms. The van der Waals surface area contributed by atoms with Gasteiger partial charge in [0.05, 0.1) is 0 Å². The van der Waals surface area contributed by atoms with Gasteiger partial charge in [0, 0.05) is 41.9 Å². The third kappa shape index (κ3) is 3.30. The summed E-state index contributed by atoms with van der Waals surface area (Å²) in [5.41, 5.74) is 2.61. The fraction of sp³-hybridized carbons (Fsp3) is 0.600. The number of likely N-dealkylation sites (N-methyl/N-ethyl adjacent to an activating group) is 2. The average Bonchev–Trinajstić information content (AvgIpc) is 2.36. The monoisotopic (exact) mass is 325 g/mol. The van der Waals surface area contributed by atoms with Gasteiger partial charge in [-0.05, 0) is 45.6 Å². The van der Waals surface area contributed by atoms with Crippen molar-refractivity contribution in [3.63, 3.8) is 0 Å². The molecule has 1 heterocycles. The number of piperazine rings is 1. The quantitative estimate of drug-likeness (QED) is 0.921. The molecule has 0 radical (unpaired) electrons. The van der Waals surface area contributed by atoms with Gasteiger partial charge in [0.25, 0.3) is 0 Å². The smallest absolute Gasteiger partial charge is 0.0393 e. The van der Waals surface area contributed by atoms with E-state index in [9.17, 15) is 0 Å². The summed E-state index contributed by atoms with van der Waals surface area (Å²) in [5, 5.41) is 3.30. The highest BCUT2D eigenvalue weighted by atomic mass is 79.9. The molecule has 1 aromatic carbocycles. The van der Waals surface area contributed by atoms with Crippen LogP contribution in [0.2, 0.25) is 0 Å². The Kier molecular flexibility index (Phi) is 4.87. The Labute approximate surface area is 125 Å². The van der Waals surface area contributed by atoms with Gasteiger partial charge < -0.3 is 10.2 Å². The Hall–Kier alpha value is -0.580. The van der Waals surface area contributed by atoms with Crippen LogP contribution in [-0.4, -0.2) is 50.7 Å². The lowest BCUT2D eigenvalue weighted by atomic mass is 10.1. The molecule has 4 heteroatoms. The van der Waals surface area contributed by atoms with Gasteiger partial charge in [0.2, 0.25) is 0 Å². The molecule has 19 heavy (non-hydrogen) atoms. The molecule has 0 aliphatic carbocycles. The van der Waals surface area contributed by atoms with Crippen LogP contribution in [0.15, 0.2) is 22.7 Å². The Morgan fingerprint density at radius 3 is 2.74 bits per heavy atom. The summed E-state index contributed by atoms with van der Waals surface area (Å²) in [6.07, 6.45) is 0. The van der Waals surface area contributed by atoms with Crippen molar-refractivity contribution in [1.82, 2.24) is 10.2 Å². The van der Waals surface area contributed by atoms with E-state index >= 15 is 0 Å². The first kappa shape index (κ1) is 14.8. The van der Waals surface area contributed by atoms with Crippen molar-refractivity contribution in [1.29, 1.82) is 0 Å². The second-order valence-electron chi connectivity index (χ2n) is 5.59. The molecule has 3 nitrogen and oxygen atoms in total. The number of hydrogen-bond donors (Lipinski definition) is 1. The predicted octanol–water partition coefficient (Wildman–Crippen LogP) is 2.49. The minimum absolute atomic E-state index is 0.549. The van der Waals surface area contributed by atoms with Gasteiger partial charge in [0.1, 0.15) is 0 Å². The van der Waals surface area contributed by atoms with Crippen molar-refractivity contribution in [2.75, 3.05) is 38.6 Å². The van der Waals surface area contributed by atoms with Crippen LogP contribution in [0.5, 0.6) is 0 Å². The van der Waals surface area contributed by atoms with Crippen molar-refractivity contribution >= 4 is 21.6 Å². The average molecular weight is 326 g/mol. The number of benzene rings is 1. The first-order valence-electron chi connectivity index (χ1n) is 6.90. The van der Waals surface area contributed by atoms with E-state index in [1.807, 2.05) is 7.05 Å². The largest absolute Gasteiger partial charge is 0.366 e. The highest BCUT2D eigenvalue weighted by Crippen LogP contribution is 2.27. The Morgan fingerprint density at radius 2 is 2.11 bits per heavy atom. The molecule has 2 unspecified atom stereocenters. The lowest BCUT2D eigenvalue weighted by Gasteiger charge is -2.45. The van der Waals surface area contributed by atoms with Crippen LogP contribution in [0.3, 0.4) is 0 Å². The maximum absolute atomic E-state index is 3.64. The third-order valence-electron chi connectivity index (χ3n) is 4.04. The zero-order valence-corrected chi connectivity index (χ0v) is 13.9. The molecule has 1 aromatic rings. The van der Waals surface area contributed by atoms with Gasteiger partial charge >= 0.3 is 0 Å². The van der Waals surface area contributed by atoms with Crippen LogP contribution in [0, 0.1) is 6.92 Å². The number of anilines is 1. The standard InChI is InChI=1S/C15H24BrN3/c1-11-5-6-13(7-15(11)16)19-10-14(8-17-3)18(4)9-12(19)2/h5-7,12,14,17H,8-10H2,1-4H3. The first-order valence-corrected chi connectivity index (χ1v) is 7.70. The maximum atomic E-state index is 3.64. The summed E-state index contributed by atoms with van der Waals surface area (Å²) in [7, 11) is 4.25.